The van der Waals surface area contributed by atoms with Gasteiger partial charge in [-0.05, 0) is 35.9 Å². The Kier molecular flexibility index (Phi) is 6.26. The molecule has 0 bridgehead atoms. The van der Waals surface area contributed by atoms with E-state index in [-0.39, 0.29) is 0 Å². The molecule has 11 heteroatoms. The number of nitrogens with zero attached hydrogens (tertiary/aromatic N) is 5. The topological polar surface area (TPSA) is 123 Å². The van der Waals surface area contributed by atoms with Gasteiger partial charge in [0, 0.05) is 37.1 Å². The minimum atomic E-state index is -0.401. The molecule has 34 heavy (non-hydrogen) atoms. The van der Waals surface area contributed by atoms with E-state index < -0.39 is 6.03 Å². The molecule has 4 heterocycles. The van der Waals surface area contributed by atoms with E-state index in [1.807, 2.05) is 28.8 Å². The number of morpholine rings is 1. The van der Waals surface area contributed by atoms with Crippen LogP contribution in [0.25, 0.3) is 16.6 Å². The van der Waals surface area contributed by atoms with Gasteiger partial charge in [-0.25, -0.2) is 19.3 Å². The predicted octanol–water partition coefficient (Wildman–Crippen LogP) is 3.50. The van der Waals surface area contributed by atoms with Crippen LogP contribution in [0.15, 0.2) is 55.0 Å². The van der Waals surface area contributed by atoms with Crippen molar-refractivity contribution in [3.8, 4) is 11.1 Å². The third-order valence-electron chi connectivity index (χ3n) is 5.57. The molecule has 1 saturated heterocycles. The maximum Gasteiger partial charge on any atom is 0.324 e. The number of halogens is 1. The first-order valence-electron chi connectivity index (χ1n) is 10.8. The van der Waals surface area contributed by atoms with E-state index in [0.29, 0.717) is 22.3 Å². The van der Waals surface area contributed by atoms with Crippen molar-refractivity contribution < 1.29 is 9.53 Å². The Morgan fingerprint density at radius 1 is 1.09 bits per heavy atom. The molecule has 174 valence electrons. The number of amides is 2. The zero-order chi connectivity index (χ0) is 23.5. The van der Waals surface area contributed by atoms with Crippen LogP contribution in [0.4, 0.5) is 22.1 Å². The summed E-state index contributed by atoms with van der Waals surface area (Å²) in [6.07, 6.45) is 2.94. The fourth-order valence-corrected chi connectivity index (χ4v) is 4.03. The average Bonchev–Trinajstić information content (AvgIpc) is 3.21. The molecule has 2 amide bonds. The highest BCUT2D eigenvalue weighted by Crippen LogP contribution is 2.31. The van der Waals surface area contributed by atoms with Gasteiger partial charge < -0.3 is 15.8 Å². The first-order chi connectivity index (χ1) is 16.6. The Labute approximate surface area is 200 Å². The Morgan fingerprint density at radius 3 is 2.62 bits per heavy atom. The van der Waals surface area contributed by atoms with Crippen molar-refractivity contribution in [3.63, 3.8) is 0 Å². The molecule has 0 saturated carbocycles. The van der Waals surface area contributed by atoms with E-state index in [0.717, 1.165) is 55.2 Å². The summed E-state index contributed by atoms with van der Waals surface area (Å²) >= 11 is 5.82. The van der Waals surface area contributed by atoms with Crippen LogP contribution in [-0.2, 0) is 11.3 Å². The van der Waals surface area contributed by atoms with Gasteiger partial charge in [-0.1, -0.05) is 23.7 Å². The summed E-state index contributed by atoms with van der Waals surface area (Å²) in [4.78, 5) is 22.9. The number of nitrogens with one attached hydrogen (secondary N) is 2. The van der Waals surface area contributed by atoms with Gasteiger partial charge in [-0.15, -0.1) is 0 Å². The Bertz CT molecular complexity index is 1300. The number of carbonyl (C=O) groups is 1. The second-order valence-corrected chi connectivity index (χ2v) is 8.30. The molecule has 4 N–H and O–H groups in total. The number of benzene rings is 1. The maximum absolute atomic E-state index is 12.3. The fourth-order valence-electron chi connectivity index (χ4n) is 3.92. The number of ether oxygens (including phenoxy) is 1. The second kappa shape index (κ2) is 9.64. The number of fused-ring (bicyclic) bond motifs is 1. The normalized spacial score (nSPS) is 14.3. The highest BCUT2D eigenvalue weighted by molar-refractivity contribution is 6.30. The molecule has 3 aromatic heterocycles. The van der Waals surface area contributed by atoms with Gasteiger partial charge >= 0.3 is 6.03 Å². The van der Waals surface area contributed by atoms with Crippen molar-refractivity contribution in [2.45, 2.75) is 6.54 Å². The monoisotopic (exact) mass is 478 g/mol. The minimum Gasteiger partial charge on any atom is -0.382 e. The third-order valence-corrected chi connectivity index (χ3v) is 5.79. The molecule has 10 nitrogen and oxygen atoms in total. The summed E-state index contributed by atoms with van der Waals surface area (Å²) < 4.78 is 7.31. The Morgan fingerprint density at radius 2 is 1.88 bits per heavy atom. The summed E-state index contributed by atoms with van der Waals surface area (Å²) in [6.45, 7) is 3.93. The SMILES string of the molecule is Nc1ncnn2c(CN3CCOCC3)cc(-c3ccc(NC(=O)Nc4ccc(Cl)cn4)cc3)c12. The lowest BCUT2D eigenvalue weighted by atomic mass is 10.1. The lowest BCUT2D eigenvalue weighted by molar-refractivity contribution is 0.0334. The van der Waals surface area contributed by atoms with Crippen LogP contribution < -0.4 is 16.4 Å². The number of pyridine rings is 1. The van der Waals surface area contributed by atoms with E-state index in [9.17, 15) is 4.79 Å². The third kappa shape index (κ3) is 4.79. The highest BCUT2D eigenvalue weighted by Gasteiger charge is 2.18. The van der Waals surface area contributed by atoms with Crippen LogP contribution in [0.1, 0.15) is 5.69 Å². The molecule has 1 aliphatic heterocycles. The zero-order valence-electron chi connectivity index (χ0n) is 18.2. The van der Waals surface area contributed by atoms with E-state index in [2.05, 4.69) is 36.7 Å². The molecule has 5 rings (SSSR count). The Balaban J connectivity index is 1.36. The first kappa shape index (κ1) is 22.1. The molecule has 1 aliphatic rings. The number of nitrogen functional groups attached to an aromatic ring is 1. The molecule has 1 aromatic carbocycles. The van der Waals surface area contributed by atoms with Gasteiger partial charge in [-0.2, -0.15) is 5.10 Å². The minimum absolute atomic E-state index is 0.401. The second-order valence-electron chi connectivity index (χ2n) is 7.86. The number of urea groups is 1. The quantitative estimate of drug-likeness (QED) is 0.401. The average molecular weight is 479 g/mol. The van der Waals surface area contributed by atoms with Gasteiger partial charge in [0.15, 0.2) is 5.82 Å². The van der Waals surface area contributed by atoms with E-state index in [1.165, 1.54) is 12.5 Å². The fraction of sp³-hybridized carbons (Fsp3) is 0.217. The predicted molar refractivity (Wildman–Crippen MR) is 131 cm³/mol. The first-order valence-corrected chi connectivity index (χ1v) is 11.2. The van der Waals surface area contributed by atoms with Crippen molar-refractivity contribution in [3.05, 3.63) is 65.7 Å². The van der Waals surface area contributed by atoms with Crippen molar-refractivity contribution in [2.24, 2.45) is 0 Å². The van der Waals surface area contributed by atoms with Crippen LogP contribution in [-0.4, -0.2) is 56.8 Å². The molecule has 0 spiro atoms. The molecule has 0 unspecified atom stereocenters. The summed E-state index contributed by atoms with van der Waals surface area (Å²) in [5.41, 5.74) is 10.5. The molecular formula is C23H23ClN8O2. The van der Waals surface area contributed by atoms with Crippen LogP contribution in [0.3, 0.4) is 0 Å². The molecular weight excluding hydrogens is 456 g/mol. The Hall–Kier alpha value is -3.73. The van der Waals surface area contributed by atoms with E-state index >= 15 is 0 Å². The number of carbonyl (C=O) groups excluding carboxylic acids is 1. The number of aromatic nitrogens is 4. The molecule has 0 atom stereocenters. The van der Waals surface area contributed by atoms with Gasteiger partial charge in [0.25, 0.3) is 0 Å². The number of hydrogen-bond donors (Lipinski definition) is 3. The van der Waals surface area contributed by atoms with Crippen molar-refractivity contribution >= 4 is 40.5 Å². The molecule has 4 aromatic rings. The molecule has 0 radical (unpaired) electrons. The van der Waals surface area contributed by atoms with Gasteiger partial charge in [0.05, 0.1) is 23.9 Å². The number of anilines is 3. The lowest BCUT2D eigenvalue weighted by Crippen LogP contribution is -2.36. The molecule has 1 fully saturated rings. The largest absolute Gasteiger partial charge is 0.382 e. The van der Waals surface area contributed by atoms with Crippen LogP contribution in [0, 0.1) is 0 Å². The smallest absolute Gasteiger partial charge is 0.324 e. The number of nitrogens with two attached hydrogens (primary N) is 1. The maximum atomic E-state index is 12.3. The lowest BCUT2D eigenvalue weighted by Gasteiger charge is -2.26. The van der Waals surface area contributed by atoms with Crippen LogP contribution in [0.2, 0.25) is 5.02 Å². The van der Waals surface area contributed by atoms with Crippen molar-refractivity contribution in [1.29, 1.82) is 0 Å². The highest BCUT2D eigenvalue weighted by atomic mass is 35.5. The van der Waals surface area contributed by atoms with Gasteiger partial charge in [-0.3, -0.25) is 10.2 Å². The summed E-state index contributed by atoms with van der Waals surface area (Å²) in [6, 6.07) is 12.5. The number of rotatable bonds is 5. The number of hydrogen-bond acceptors (Lipinski definition) is 7. The van der Waals surface area contributed by atoms with Crippen molar-refractivity contribution in [1.82, 2.24) is 24.5 Å². The van der Waals surface area contributed by atoms with E-state index in [4.69, 9.17) is 22.1 Å². The molecule has 0 aliphatic carbocycles. The summed E-state index contributed by atoms with van der Waals surface area (Å²) in [5.74, 6) is 0.817. The summed E-state index contributed by atoms with van der Waals surface area (Å²) in [7, 11) is 0. The van der Waals surface area contributed by atoms with Crippen LogP contribution >= 0.6 is 11.6 Å². The van der Waals surface area contributed by atoms with Crippen molar-refractivity contribution in [2.75, 3.05) is 42.7 Å². The van der Waals surface area contributed by atoms with E-state index in [1.54, 1.807) is 12.1 Å². The van der Waals surface area contributed by atoms with Crippen LogP contribution in [0.5, 0.6) is 0 Å². The standard InChI is InChI=1S/C23H23ClN8O2/c24-16-3-6-20(26-12-16)30-23(33)29-17-4-1-15(2-5-17)19-11-18(13-31-7-9-34-10-8-31)32-21(19)22(25)27-14-28-32/h1-6,11-12,14H,7-10,13H2,(H2,25,27,28)(H2,26,29,30,33). The van der Waals surface area contributed by atoms with Gasteiger partial charge in [0.1, 0.15) is 17.7 Å². The van der Waals surface area contributed by atoms with Gasteiger partial charge in [0.2, 0.25) is 0 Å². The summed E-state index contributed by atoms with van der Waals surface area (Å²) in [5, 5.41) is 10.4. The zero-order valence-corrected chi connectivity index (χ0v) is 19.0.